The van der Waals surface area contributed by atoms with Crippen molar-refractivity contribution in [2.45, 2.75) is 25.3 Å². The Hall–Kier alpha value is -1.46. The molecule has 6 heteroatoms. The Morgan fingerprint density at radius 3 is 2.81 bits per heavy atom. The number of halogens is 1. The highest BCUT2D eigenvalue weighted by Gasteiger charge is 2.15. The molecule has 118 valence electrons. The number of para-hydroxylation sites is 2. The first kappa shape index (κ1) is 17.6. The van der Waals surface area contributed by atoms with Gasteiger partial charge >= 0.3 is 0 Å². The zero-order chi connectivity index (χ0) is 14.2. The normalized spacial score (nSPS) is 17.5. The molecular weight excluding hydrogens is 292 g/mol. The summed E-state index contributed by atoms with van der Waals surface area (Å²) in [7, 11) is 1.60. The van der Waals surface area contributed by atoms with Crippen molar-refractivity contribution >= 4 is 18.3 Å². The number of amides is 1. The Bertz CT molecular complexity index is 437. The van der Waals surface area contributed by atoms with Crippen molar-refractivity contribution in [1.82, 2.24) is 10.6 Å². The van der Waals surface area contributed by atoms with Crippen LogP contribution in [0.4, 0.5) is 0 Å². The maximum Gasteiger partial charge on any atom is 0.223 e. The Morgan fingerprint density at radius 1 is 1.38 bits per heavy atom. The topological polar surface area (TPSA) is 59.6 Å². The number of hydrogen-bond acceptors (Lipinski definition) is 4. The summed E-state index contributed by atoms with van der Waals surface area (Å²) in [6, 6.07) is 7.69. The molecule has 0 saturated carbocycles. The summed E-state index contributed by atoms with van der Waals surface area (Å²) < 4.78 is 10.8. The van der Waals surface area contributed by atoms with Gasteiger partial charge in [0.1, 0.15) is 0 Å². The molecule has 5 nitrogen and oxygen atoms in total. The lowest BCUT2D eigenvalue weighted by atomic mass is 10.1. The van der Waals surface area contributed by atoms with E-state index in [1.165, 1.54) is 0 Å². The van der Waals surface area contributed by atoms with Crippen LogP contribution in [0.1, 0.15) is 19.3 Å². The second kappa shape index (κ2) is 9.47. The first-order chi connectivity index (χ1) is 9.79. The first-order valence-corrected chi connectivity index (χ1v) is 7.05. The van der Waals surface area contributed by atoms with Crippen molar-refractivity contribution in [3.8, 4) is 11.5 Å². The minimum absolute atomic E-state index is 0. The van der Waals surface area contributed by atoms with Crippen LogP contribution in [0.5, 0.6) is 11.5 Å². The molecule has 0 radical (unpaired) electrons. The fraction of sp³-hybridized carbons (Fsp3) is 0.533. The molecule has 1 aromatic carbocycles. The molecule has 21 heavy (non-hydrogen) atoms. The lowest BCUT2D eigenvalue weighted by Gasteiger charge is -2.23. The van der Waals surface area contributed by atoms with Gasteiger partial charge in [-0.15, -0.1) is 12.4 Å². The molecule has 1 aromatic rings. The third kappa shape index (κ3) is 5.81. The molecule has 0 aromatic heterocycles. The predicted octanol–water partition coefficient (Wildman–Crippen LogP) is 1.75. The Kier molecular flexibility index (Phi) is 7.93. The van der Waals surface area contributed by atoms with Gasteiger partial charge in [0.05, 0.1) is 20.1 Å². The monoisotopic (exact) mass is 314 g/mol. The third-order valence-electron chi connectivity index (χ3n) is 3.32. The van der Waals surface area contributed by atoms with Gasteiger partial charge in [0, 0.05) is 12.6 Å². The predicted molar refractivity (Wildman–Crippen MR) is 84.4 cm³/mol. The average Bonchev–Trinajstić information content (AvgIpc) is 2.49. The number of ether oxygens (including phenoxy) is 2. The van der Waals surface area contributed by atoms with Gasteiger partial charge in [-0.2, -0.15) is 0 Å². The number of carbonyl (C=O) groups excluding carboxylic acids is 1. The number of methoxy groups -OCH3 is 1. The van der Waals surface area contributed by atoms with E-state index < -0.39 is 0 Å². The third-order valence-corrected chi connectivity index (χ3v) is 3.32. The molecule has 1 amide bonds. The highest BCUT2D eigenvalue weighted by Crippen LogP contribution is 2.25. The van der Waals surface area contributed by atoms with Crippen LogP contribution in [-0.4, -0.2) is 38.8 Å². The Balaban J connectivity index is 0.00000220. The van der Waals surface area contributed by atoms with Crippen molar-refractivity contribution in [1.29, 1.82) is 0 Å². The van der Waals surface area contributed by atoms with Crippen molar-refractivity contribution in [2.24, 2.45) is 0 Å². The summed E-state index contributed by atoms with van der Waals surface area (Å²) in [6.45, 7) is 2.26. The van der Waals surface area contributed by atoms with Crippen LogP contribution in [0.15, 0.2) is 24.3 Å². The van der Waals surface area contributed by atoms with Crippen LogP contribution in [0.2, 0.25) is 0 Å². The van der Waals surface area contributed by atoms with Crippen molar-refractivity contribution in [2.75, 3.05) is 26.8 Å². The molecule has 2 rings (SSSR count). The molecule has 1 aliphatic rings. The Morgan fingerprint density at radius 2 is 2.14 bits per heavy atom. The molecule has 1 unspecified atom stereocenters. The molecule has 1 fully saturated rings. The van der Waals surface area contributed by atoms with E-state index in [2.05, 4.69) is 10.6 Å². The summed E-state index contributed by atoms with van der Waals surface area (Å²) in [6.07, 6.45) is 2.52. The summed E-state index contributed by atoms with van der Waals surface area (Å²) in [4.78, 5) is 11.8. The first-order valence-electron chi connectivity index (χ1n) is 7.05. The van der Waals surface area contributed by atoms with Crippen molar-refractivity contribution in [3.05, 3.63) is 24.3 Å². The molecule has 0 spiro atoms. The van der Waals surface area contributed by atoms with Crippen LogP contribution in [0.3, 0.4) is 0 Å². The Labute approximate surface area is 131 Å². The van der Waals surface area contributed by atoms with E-state index in [0.29, 0.717) is 24.5 Å². The number of piperidine rings is 1. The van der Waals surface area contributed by atoms with E-state index in [0.717, 1.165) is 25.9 Å². The van der Waals surface area contributed by atoms with Gasteiger partial charge in [-0.05, 0) is 31.5 Å². The van der Waals surface area contributed by atoms with Gasteiger partial charge < -0.3 is 20.1 Å². The minimum atomic E-state index is 0. The molecule has 1 heterocycles. The zero-order valence-corrected chi connectivity index (χ0v) is 13.1. The largest absolute Gasteiger partial charge is 0.493 e. The van der Waals surface area contributed by atoms with Gasteiger partial charge in [0.2, 0.25) is 5.91 Å². The van der Waals surface area contributed by atoms with E-state index in [9.17, 15) is 4.79 Å². The lowest BCUT2D eigenvalue weighted by Crippen LogP contribution is -2.45. The maximum absolute atomic E-state index is 11.8. The van der Waals surface area contributed by atoms with E-state index in [1.807, 2.05) is 24.3 Å². The van der Waals surface area contributed by atoms with Crippen molar-refractivity contribution in [3.63, 3.8) is 0 Å². The van der Waals surface area contributed by atoms with Gasteiger partial charge in [0.15, 0.2) is 11.5 Å². The highest BCUT2D eigenvalue weighted by atomic mass is 35.5. The number of nitrogens with one attached hydrogen (secondary N) is 2. The maximum atomic E-state index is 11.8. The number of carbonyl (C=O) groups is 1. The van der Waals surface area contributed by atoms with Crippen LogP contribution in [0.25, 0.3) is 0 Å². The molecule has 1 saturated heterocycles. The van der Waals surface area contributed by atoms with Crippen LogP contribution < -0.4 is 20.1 Å². The van der Waals surface area contributed by atoms with Crippen LogP contribution >= 0.6 is 12.4 Å². The fourth-order valence-corrected chi connectivity index (χ4v) is 2.27. The van der Waals surface area contributed by atoms with E-state index in [-0.39, 0.29) is 24.4 Å². The van der Waals surface area contributed by atoms with Gasteiger partial charge in [0.25, 0.3) is 0 Å². The smallest absolute Gasteiger partial charge is 0.223 e. The van der Waals surface area contributed by atoms with E-state index >= 15 is 0 Å². The van der Waals surface area contributed by atoms with Crippen LogP contribution in [0, 0.1) is 0 Å². The minimum Gasteiger partial charge on any atom is -0.493 e. The zero-order valence-electron chi connectivity index (χ0n) is 12.3. The number of benzene rings is 1. The van der Waals surface area contributed by atoms with Crippen LogP contribution in [-0.2, 0) is 4.79 Å². The summed E-state index contributed by atoms with van der Waals surface area (Å²) >= 11 is 0. The summed E-state index contributed by atoms with van der Waals surface area (Å²) in [5.41, 5.74) is 0. The molecule has 0 bridgehead atoms. The SMILES string of the molecule is COc1ccccc1OCCC(=O)NC1CCCNC1.Cl. The molecule has 1 aliphatic heterocycles. The highest BCUT2D eigenvalue weighted by molar-refractivity contribution is 5.85. The van der Waals surface area contributed by atoms with E-state index in [1.54, 1.807) is 7.11 Å². The quantitative estimate of drug-likeness (QED) is 0.840. The van der Waals surface area contributed by atoms with Gasteiger partial charge in [-0.3, -0.25) is 4.79 Å². The van der Waals surface area contributed by atoms with Crippen molar-refractivity contribution < 1.29 is 14.3 Å². The summed E-state index contributed by atoms with van der Waals surface area (Å²) in [5, 5.41) is 6.30. The molecular formula is C15H23ClN2O3. The average molecular weight is 315 g/mol. The molecule has 0 aliphatic carbocycles. The lowest BCUT2D eigenvalue weighted by molar-refractivity contribution is -0.122. The van der Waals surface area contributed by atoms with E-state index in [4.69, 9.17) is 9.47 Å². The molecule has 1 atom stereocenters. The van der Waals surface area contributed by atoms with Gasteiger partial charge in [-0.1, -0.05) is 12.1 Å². The second-order valence-corrected chi connectivity index (χ2v) is 4.86. The molecule has 2 N–H and O–H groups in total. The standard InChI is InChI=1S/C15H22N2O3.ClH/c1-19-13-6-2-3-7-14(13)20-10-8-15(18)17-12-5-4-9-16-11-12;/h2-3,6-7,12,16H,4-5,8-11H2,1H3,(H,17,18);1H. The number of rotatable bonds is 6. The van der Waals surface area contributed by atoms with Gasteiger partial charge in [-0.25, -0.2) is 0 Å². The summed E-state index contributed by atoms with van der Waals surface area (Å²) in [5.74, 6) is 1.39. The fourth-order valence-electron chi connectivity index (χ4n) is 2.27. The second-order valence-electron chi connectivity index (χ2n) is 4.86. The number of hydrogen-bond donors (Lipinski definition) is 2.